The summed E-state index contributed by atoms with van der Waals surface area (Å²) in [6.07, 6.45) is 2.80. The van der Waals surface area contributed by atoms with Gasteiger partial charge in [-0.1, -0.05) is 39.3 Å². The SMILES string of the molecule is CCCC(C)C(C#N)C(=O)Nc1cccc(CC)c1. The lowest BCUT2D eigenvalue weighted by Gasteiger charge is -2.16. The van der Waals surface area contributed by atoms with Crippen LogP contribution in [0.3, 0.4) is 0 Å². The summed E-state index contributed by atoms with van der Waals surface area (Å²) in [5.41, 5.74) is 1.95. The number of carbonyl (C=O) groups is 1. The Labute approximate surface area is 115 Å². The molecule has 2 unspecified atom stereocenters. The van der Waals surface area contributed by atoms with Gasteiger partial charge in [-0.15, -0.1) is 0 Å². The first-order valence-electron chi connectivity index (χ1n) is 6.91. The van der Waals surface area contributed by atoms with E-state index in [2.05, 4.69) is 25.2 Å². The Morgan fingerprint density at radius 3 is 2.74 bits per heavy atom. The highest BCUT2D eigenvalue weighted by Gasteiger charge is 2.24. The molecule has 0 saturated carbocycles. The third-order valence-electron chi connectivity index (χ3n) is 3.34. The fourth-order valence-corrected chi connectivity index (χ4v) is 2.16. The number of rotatable bonds is 6. The topological polar surface area (TPSA) is 52.9 Å². The van der Waals surface area contributed by atoms with Crippen molar-refractivity contribution in [3.63, 3.8) is 0 Å². The van der Waals surface area contributed by atoms with Gasteiger partial charge in [-0.2, -0.15) is 5.26 Å². The largest absolute Gasteiger partial charge is 0.325 e. The molecule has 0 aliphatic rings. The molecule has 3 nitrogen and oxygen atoms in total. The van der Waals surface area contributed by atoms with Crippen molar-refractivity contribution < 1.29 is 4.79 Å². The van der Waals surface area contributed by atoms with Gasteiger partial charge in [-0.25, -0.2) is 0 Å². The summed E-state index contributed by atoms with van der Waals surface area (Å²) in [7, 11) is 0. The summed E-state index contributed by atoms with van der Waals surface area (Å²) in [4.78, 5) is 12.1. The van der Waals surface area contributed by atoms with Gasteiger partial charge in [0.05, 0.1) is 6.07 Å². The van der Waals surface area contributed by atoms with Crippen LogP contribution in [0.25, 0.3) is 0 Å². The number of aryl methyl sites for hydroxylation is 1. The smallest absolute Gasteiger partial charge is 0.242 e. The summed E-state index contributed by atoms with van der Waals surface area (Å²) >= 11 is 0. The van der Waals surface area contributed by atoms with Crippen LogP contribution in [-0.2, 0) is 11.2 Å². The van der Waals surface area contributed by atoms with E-state index in [0.717, 1.165) is 24.9 Å². The number of nitrogens with one attached hydrogen (secondary N) is 1. The molecule has 2 atom stereocenters. The molecule has 1 N–H and O–H groups in total. The molecule has 1 rings (SSSR count). The van der Waals surface area contributed by atoms with Crippen LogP contribution in [0.4, 0.5) is 5.69 Å². The maximum absolute atomic E-state index is 12.1. The Morgan fingerprint density at radius 1 is 1.42 bits per heavy atom. The van der Waals surface area contributed by atoms with Gasteiger partial charge in [0.25, 0.3) is 0 Å². The van der Waals surface area contributed by atoms with E-state index in [1.54, 1.807) is 0 Å². The molecule has 0 aliphatic carbocycles. The molecule has 0 fully saturated rings. The quantitative estimate of drug-likeness (QED) is 0.844. The number of hydrogen-bond donors (Lipinski definition) is 1. The van der Waals surface area contributed by atoms with E-state index in [-0.39, 0.29) is 11.8 Å². The average molecular weight is 258 g/mol. The molecule has 3 heteroatoms. The van der Waals surface area contributed by atoms with Crippen LogP contribution in [0.15, 0.2) is 24.3 Å². The molecule has 0 saturated heterocycles. The minimum Gasteiger partial charge on any atom is -0.325 e. The summed E-state index contributed by atoms with van der Waals surface area (Å²) in [5.74, 6) is -0.689. The van der Waals surface area contributed by atoms with E-state index < -0.39 is 5.92 Å². The third-order valence-corrected chi connectivity index (χ3v) is 3.34. The van der Waals surface area contributed by atoms with Crippen LogP contribution in [0, 0.1) is 23.2 Å². The Hall–Kier alpha value is -1.82. The fourth-order valence-electron chi connectivity index (χ4n) is 2.16. The molecule has 1 amide bonds. The molecular formula is C16H22N2O. The van der Waals surface area contributed by atoms with Gasteiger partial charge in [0.1, 0.15) is 5.92 Å². The first-order valence-corrected chi connectivity index (χ1v) is 6.91. The van der Waals surface area contributed by atoms with Crippen molar-refractivity contribution in [1.29, 1.82) is 5.26 Å². The van der Waals surface area contributed by atoms with Gasteiger partial charge in [-0.05, 0) is 36.5 Å². The van der Waals surface area contributed by atoms with Gasteiger partial charge in [0.15, 0.2) is 0 Å². The molecule has 0 bridgehead atoms. The highest BCUT2D eigenvalue weighted by atomic mass is 16.1. The van der Waals surface area contributed by atoms with E-state index in [9.17, 15) is 4.79 Å². The van der Waals surface area contributed by atoms with Gasteiger partial charge >= 0.3 is 0 Å². The molecule has 0 radical (unpaired) electrons. The van der Waals surface area contributed by atoms with Gasteiger partial charge in [0, 0.05) is 5.69 Å². The number of nitrogens with zero attached hydrogens (tertiary/aromatic N) is 1. The van der Waals surface area contributed by atoms with Crippen molar-refractivity contribution in [3.05, 3.63) is 29.8 Å². The second kappa shape index (κ2) is 7.58. The van der Waals surface area contributed by atoms with E-state index in [0.29, 0.717) is 0 Å². The van der Waals surface area contributed by atoms with E-state index in [1.807, 2.05) is 31.2 Å². The highest BCUT2D eigenvalue weighted by molar-refractivity contribution is 5.94. The Bertz CT molecular complexity index is 462. The summed E-state index contributed by atoms with van der Waals surface area (Å²) in [6, 6.07) is 9.88. The van der Waals surface area contributed by atoms with E-state index >= 15 is 0 Å². The maximum atomic E-state index is 12.1. The van der Waals surface area contributed by atoms with Crippen LogP contribution in [0.5, 0.6) is 0 Å². The molecule has 1 aromatic carbocycles. The van der Waals surface area contributed by atoms with Crippen molar-refractivity contribution in [2.24, 2.45) is 11.8 Å². The first-order chi connectivity index (χ1) is 9.12. The summed E-state index contributed by atoms with van der Waals surface area (Å²) in [6.45, 7) is 6.09. The summed E-state index contributed by atoms with van der Waals surface area (Å²) < 4.78 is 0. The fraction of sp³-hybridized carbons (Fsp3) is 0.500. The van der Waals surface area contributed by atoms with Crippen LogP contribution in [-0.4, -0.2) is 5.91 Å². The number of nitriles is 1. The lowest BCUT2D eigenvalue weighted by molar-refractivity contribution is -0.119. The minimum atomic E-state index is -0.578. The zero-order valence-corrected chi connectivity index (χ0v) is 11.9. The first kappa shape index (κ1) is 15.2. The highest BCUT2D eigenvalue weighted by Crippen LogP contribution is 2.19. The molecule has 0 heterocycles. The number of anilines is 1. The van der Waals surface area contributed by atoms with Gasteiger partial charge < -0.3 is 5.32 Å². The predicted molar refractivity (Wildman–Crippen MR) is 77.6 cm³/mol. The molecule has 0 spiro atoms. The average Bonchev–Trinajstić information content (AvgIpc) is 2.40. The van der Waals surface area contributed by atoms with Crippen molar-refractivity contribution >= 4 is 11.6 Å². The Balaban J connectivity index is 2.74. The second-order valence-electron chi connectivity index (χ2n) is 4.92. The van der Waals surface area contributed by atoms with Crippen LogP contribution < -0.4 is 5.32 Å². The van der Waals surface area contributed by atoms with Crippen molar-refractivity contribution in [3.8, 4) is 6.07 Å². The van der Waals surface area contributed by atoms with Gasteiger partial charge in [0.2, 0.25) is 5.91 Å². The molecule has 0 aromatic heterocycles. The Morgan fingerprint density at radius 2 is 2.16 bits per heavy atom. The zero-order chi connectivity index (χ0) is 14.3. The molecular weight excluding hydrogens is 236 g/mol. The normalized spacial score (nSPS) is 13.4. The molecule has 19 heavy (non-hydrogen) atoms. The predicted octanol–water partition coefficient (Wildman–Crippen LogP) is 3.76. The monoisotopic (exact) mass is 258 g/mol. The number of hydrogen-bond acceptors (Lipinski definition) is 2. The van der Waals surface area contributed by atoms with Crippen molar-refractivity contribution in [2.45, 2.75) is 40.0 Å². The number of amides is 1. The molecule has 102 valence electrons. The van der Waals surface area contributed by atoms with E-state index in [4.69, 9.17) is 5.26 Å². The van der Waals surface area contributed by atoms with Crippen LogP contribution >= 0.6 is 0 Å². The van der Waals surface area contributed by atoms with Crippen molar-refractivity contribution in [2.75, 3.05) is 5.32 Å². The Kier molecular flexibility index (Phi) is 6.08. The number of carbonyl (C=O) groups excluding carboxylic acids is 1. The zero-order valence-electron chi connectivity index (χ0n) is 11.9. The van der Waals surface area contributed by atoms with Crippen molar-refractivity contribution in [1.82, 2.24) is 0 Å². The van der Waals surface area contributed by atoms with E-state index in [1.165, 1.54) is 5.56 Å². The minimum absolute atomic E-state index is 0.0874. The standard InChI is InChI=1S/C16H22N2O/c1-4-7-12(3)15(11-17)16(19)18-14-9-6-8-13(5-2)10-14/h6,8-10,12,15H,4-5,7H2,1-3H3,(H,18,19). The summed E-state index contributed by atoms with van der Waals surface area (Å²) in [5, 5.41) is 12.0. The lowest BCUT2D eigenvalue weighted by Crippen LogP contribution is -2.27. The molecule has 1 aromatic rings. The maximum Gasteiger partial charge on any atom is 0.242 e. The van der Waals surface area contributed by atoms with Crippen LogP contribution in [0.2, 0.25) is 0 Å². The molecule has 0 aliphatic heterocycles. The van der Waals surface area contributed by atoms with Crippen LogP contribution in [0.1, 0.15) is 39.2 Å². The second-order valence-corrected chi connectivity index (χ2v) is 4.92. The third kappa shape index (κ3) is 4.40. The number of benzene rings is 1. The van der Waals surface area contributed by atoms with Gasteiger partial charge in [-0.3, -0.25) is 4.79 Å². The lowest BCUT2D eigenvalue weighted by atomic mass is 9.90.